The molecule has 1 aliphatic carbocycles. The molecule has 1 saturated carbocycles. The van der Waals surface area contributed by atoms with E-state index in [1.807, 2.05) is 42.7 Å². The average Bonchev–Trinajstić information content (AvgIpc) is 3.20. The van der Waals surface area contributed by atoms with Crippen LogP contribution in [0.5, 0.6) is 0 Å². The van der Waals surface area contributed by atoms with Crippen molar-refractivity contribution < 1.29 is 4.79 Å². The standard InChI is InChI=1S/C21H25N3OS/c1-22-21(15-16-7-3-4-8-16,17-10-12-18(26-2)13-11-17)20(25)24-19-9-5-6-14-23-19/h5-6,9-14,16H,1,3-4,7-8,15H2,2H3,(H,23,24,25)/t21-/m1/s1. The fourth-order valence-corrected chi connectivity index (χ4v) is 4.13. The Hall–Kier alpha value is -2.14. The minimum atomic E-state index is -0.983. The highest BCUT2D eigenvalue weighted by Crippen LogP contribution is 2.40. The molecule has 1 fully saturated rings. The van der Waals surface area contributed by atoms with Crippen molar-refractivity contribution in [2.45, 2.75) is 42.5 Å². The van der Waals surface area contributed by atoms with Gasteiger partial charge in [0.2, 0.25) is 0 Å². The Morgan fingerprint density at radius 2 is 2.00 bits per heavy atom. The quantitative estimate of drug-likeness (QED) is 0.558. The Kier molecular flexibility index (Phi) is 6.09. The number of pyridine rings is 1. The predicted octanol–water partition coefficient (Wildman–Crippen LogP) is 4.92. The number of nitrogens with zero attached hydrogens (tertiary/aromatic N) is 2. The van der Waals surface area contributed by atoms with Gasteiger partial charge in [-0.25, -0.2) is 4.98 Å². The first-order valence-corrected chi connectivity index (χ1v) is 10.3. The summed E-state index contributed by atoms with van der Waals surface area (Å²) in [5.41, 5.74) is -0.0886. The van der Waals surface area contributed by atoms with Crippen LogP contribution in [0, 0.1) is 5.92 Å². The summed E-state index contributed by atoms with van der Waals surface area (Å²) in [5.74, 6) is 0.878. The molecular weight excluding hydrogens is 342 g/mol. The zero-order valence-electron chi connectivity index (χ0n) is 15.1. The summed E-state index contributed by atoms with van der Waals surface area (Å²) < 4.78 is 0. The molecule has 26 heavy (non-hydrogen) atoms. The van der Waals surface area contributed by atoms with E-state index >= 15 is 0 Å². The van der Waals surface area contributed by atoms with Crippen LogP contribution in [0.1, 0.15) is 37.7 Å². The van der Waals surface area contributed by atoms with E-state index in [9.17, 15) is 4.79 Å². The van der Waals surface area contributed by atoms with E-state index in [1.165, 1.54) is 12.8 Å². The molecule has 0 unspecified atom stereocenters. The lowest BCUT2D eigenvalue weighted by Crippen LogP contribution is -2.40. The summed E-state index contributed by atoms with van der Waals surface area (Å²) in [6, 6.07) is 13.6. The maximum atomic E-state index is 13.3. The second-order valence-electron chi connectivity index (χ2n) is 6.77. The Labute approximate surface area is 159 Å². The number of hydrogen-bond donors (Lipinski definition) is 1. The molecule has 136 valence electrons. The summed E-state index contributed by atoms with van der Waals surface area (Å²) in [7, 11) is 0. The Bertz CT molecular complexity index is 742. The molecular formula is C21H25N3OS. The molecule has 1 N–H and O–H groups in total. The third kappa shape index (κ3) is 3.98. The summed E-state index contributed by atoms with van der Waals surface area (Å²) in [5, 5.41) is 2.95. The monoisotopic (exact) mass is 367 g/mol. The van der Waals surface area contributed by atoms with Gasteiger partial charge < -0.3 is 5.32 Å². The summed E-state index contributed by atoms with van der Waals surface area (Å²) in [6.45, 7) is 3.82. The van der Waals surface area contributed by atoms with Crippen LogP contribution in [0.25, 0.3) is 0 Å². The number of amides is 1. The van der Waals surface area contributed by atoms with E-state index < -0.39 is 5.54 Å². The van der Waals surface area contributed by atoms with Crippen molar-refractivity contribution in [3.05, 3.63) is 54.2 Å². The molecule has 4 nitrogen and oxygen atoms in total. The van der Waals surface area contributed by atoms with Gasteiger partial charge in [0.1, 0.15) is 5.82 Å². The van der Waals surface area contributed by atoms with Crippen molar-refractivity contribution in [1.82, 2.24) is 4.98 Å². The molecule has 0 saturated heterocycles. The lowest BCUT2D eigenvalue weighted by molar-refractivity contribution is -0.122. The largest absolute Gasteiger partial charge is 0.308 e. The number of rotatable bonds is 7. The molecule has 1 heterocycles. The molecule has 1 amide bonds. The van der Waals surface area contributed by atoms with Gasteiger partial charge >= 0.3 is 0 Å². The number of hydrogen-bond acceptors (Lipinski definition) is 4. The van der Waals surface area contributed by atoms with Crippen LogP contribution >= 0.6 is 11.8 Å². The van der Waals surface area contributed by atoms with Crippen LogP contribution in [0.4, 0.5) is 5.82 Å². The number of anilines is 1. The number of aromatic nitrogens is 1. The van der Waals surface area contributed by atoms with Crippen molar-refractivity contribution in [2.75, 3.05) is 11.6 Å². The molecule has 1 aliphatic rings. The molecule has 0 bridgehead atoms. The predicted molar refractivity (Wildman–Crippen MR) is 109 cm³/mol. The second-order valence-corrected chi connectivity index (χ2v) is 7.65. The van der Waals surface area contributed by atoms with E-state index in [0.717, 1.165) is 23.3 Å². The first kappa shape index (κ1) is 18.6. The summed E-state index contributed by atoms with van der Waals surface area (Å²) >= 11 is 1.68. The second kappa shape index (κ2) is 8.49. The number of benzene rings is 1. The van der Waals surface area contributed by atoms with Gasteiger partial charge in [0, 0.05) is 11.1 Å². The normalized spacial score (nSPS) is 16.8. The van der Waals surface area contributed by atoms with Gasteiger partial charge in [-0.15, -0.1) is 11.8 Å². The minimum absolute atomic E-state index is 0.157. The van der Waals surface area contributed by atoms with E-state index in [4.69, 9.17) is 0 Å². The van der Waals surface area contributed by atoms with Gasteiger partial charge in [-0.3, -0.25) is 9.79 Å². The number of carbonyl (C=O) groups excluding carboxylic acids is 1. The maximum absolute atomic E-state index is 13.3. The lowest BCUT2D eigenvalue weighted by Gasteiger charge is -2.31. The highest BCUT2D eigenvalue weighted by Gasteiger charge is 2.42. The van der Waals surface area contributed by atoms with E-state index in [-0.39, 0.29) is 5.91 Å². The third-order valence-electron chi connectivity index (χ3n) is 5.18. The molecule has 1 aromatic heterocycles. The van der Waals surface area contributed by atoms with Gasteiger partial charge in [0.05, 0.1) is 0 Å². The Morgan fingerprint density at radius 1 is 1.27 bits per heavy atom. The van der Waals surface area contributed by atoms with Crippen LogP contribution in [-0.4, -0.2) is 23.9 Å². The summed E-state index contributed by atoms with van der Waals surface area (Å²) in [4.78, 5) is 23.1. The van der Waals surface area contributed by atoms with E-state index in [1.54, 1.807) is 24.0 Å². The zero-order chi connectivity index (χ0) is 18.4. The van der Waals surface area contributed by atoms with Gasteiger partial charge in [-0.1, -0.05) is 43.9 Å². The first-order valence-electron chi connectivity index (χ1n) is 9.03. The Balaban J connectivity index is 1.95. The van der Waals surface area contributed by atoms with Gasteiger partial charge in [0.15, 0.2) is 5.54 Å². The first-order chi connectivity index (χ1) is 12.7. The van der Waals surface area contributed by atoms with E-state index in [2.05, 4.69) is 22.0 Å². The van der Waals surface area contributed by atoms with Crippen molar-refractivity contribution in [2.24, 2.45) is 10.9 Å². The van der Waals surface area contributed by atoms with Gasteiger partial charge in [-0.05, 0) is 55.1 Å². The van der Waals surface area contributed by atoms with Gasteiger partial charge in [0.25, 0.3) is 5.91 Å². The van der Waals surface area contributed by atoms with Crippen molar-refractivity contribution in [3.63, 3.8) is 0 Å². The van der Waals surface area contributed by atoms with E-state index in [0.29, 0.717) is 18.2 Å². The molecule has 0 aliphatic heterocycles. The fraction of sp³-hybridized carbons (Fsp3) is 0.381. The van der Waals surface area contributed by atoms with Crippen LogP contribution in [0.15, 0.2) is 58.5 Å². The number of carbonyl (C=O) groups is 1. The smallest absolute Gasteiger partial charge is 0.258 e. The number of thioether (sulfide) groups is 1. The molecule has 1 atom stereocenters. The van der Waals surface area contributed by atoms with Crippen LogP contribution in [0.3, 0.4) is 0 Å². The Morgan fingerprint density at radius 3 is 2.58 bits per heavy atom. The van der Waals surface area contributed by atoms with Crippen molar-refractivity contribution >= 4 is 30.2 Å². The molecule has 3 rings (SSSR count). The molecule has 1 aromatic carbocycles. The minimum Gasteiger partial charge on any atom is -0.308 e. The average molecular weight is 368 g/mol. The zero-order valence-corrected chi connectivity index (χ0v) is 16.0. The van der Waals surface area contributed by atoms with Crippen LogP contribution in [0.2, 0.25) is 0 Å². The van der Waals surface area contributed by atoms with Crippen LogP contribution in [-0.2, 0) is 10.3 Å². The number of nitrogens with one attached hydrogen (secondary N) is 1. The topological polar surface area (TPSA) is 54.4 Å². The molecule has 2 aromatic rings. The van der Waals surface area contributed by atoms with Crippen LogP contribution < -0.4 is 5.32 Å². The molecule has 0 radical (unpaired) electrons. The van der Waals surface area contributed by atoms with Crippen molar-refractivity contribution in [1.29, 1.82) is 0 Å². The third-order valence-corrected chi connectivity index (χ3v) is 5.92. The van der Waals surface area contributed by atoms with Crippen molar-refractivity contribution in [3.8, 4) is 0 Å². The van der Waals surface area contributed by atoms with Gasteiger partial charge in [-0.2, -0.15) is 0 Å². The molecule has 5 heteroatoms. The number of aliphatic imine (C=N–C) groups is 1. The highest BCUT2D eigenvalue weighted by molar-refractivity contribution is 7.98. The fourth-order valence-electron chi connectivity index (χ4n) is 3.72. The summed E-state index contributed by atoms with van der Waals surface area (Å²) in [6.07, 6.45) is 9.15. The highest BCUT2D eigenvalue weighted by atomic mass is 32.2. The maximum Gasteiger partial charge on any atom is 0.258 e. The lowest BCUT2D eigenvalue weighted by atomic mass is 9.80. The molecule has 0 spiro atoms. The SMILES string of the molecule is C=N[C@@](CC1CCCC1)(C(=O)Nc1ccccn1)c1ccc(SC)cc1.